The van der Waals surface area contributed by atoms with E-state index in [1.54, 1.807) is 19.6 Å². The molecule has 1 fully saturated rings. The molecule has 0 unspecified atom stereocenters. The predicted molar refractivity (Wildman–Crippen MR) is 167 cm³/mol. The number of carbonyl (C=O) groups excluding carboxylic acids is 4. The van der Waals surface area contributed by atoms with E-state index in [4.69, 9.17) is 20.4 Å². The van der Waals surface area contributed by atoms with Crippen molar-refractivity contribution in [2.75, 3.05) is 105 Å². The van der Waals surface area contributed by atoms with Crippen molar-refractivity contribution in [3.63, 3.8) is 0 Å². The number of nitrogens with one attached hydrogen (secondary N) is 4. The van der Waals surface area contributed by atoms with E-state index in [1.807, 2.05) is 0 Å². The Kier molecular flexibility index (Phi) is 20.7. The average molecular weight is 689 g/mol. The molecule has 1 aliphatic heterocycles. The number of hydrogen-bond donors (Lipinski definition) is 8. The fourth-order valence-corrected chi connectivity index (χ4v) is 4.48. The minimum atomic E-state index is -1.07. The Hall–Kier alpha value is -4.40. The maximum absolute atomic E-state index is 12.6. The zero-order valence-corrected chi connectivity index (χ0v) is 27.0. The van der Waals surface area contributed by atoms with Crippen LogP contribution < -0.4 is 21.3 Å². The summed E-state index contributed by atoms with van der Waals surface area (Å²) in [6.45, 7) is 1.61. The van der Waals surface area contributed by atoms with Gasteiger partial charge in [0.25, 0.3) is 0 Å². The summed E-state index contributed by atoms with van der Waals surface area (Å²) in [5.74, 6) is -5.94. The van der Waals surface area contributed by atoms with Crippen molar-refractivity contribution in [3.8, 4) is 0 Å². The van der Waals surface area contributed by atoms with E-state index in [0.29, 0.717) is 0 Å². The molecule has 4 amide bonds. The van der Waals surface area contributed by atoms with Crippen LogP contribution in [0, 0.1) is 0 Å². The monoisotopic (exact) mass is 688 g/mol. The van der Waals surface area contributed by atoms with Crippen LogP contribution >= 0.6 is 0 Å². The Balaban J connectivity index is 3.12. The molecule has 1 rings (SSSR count). The van der Waals surface area contributed by atoms with Crippen LogP contribution in [0.3, 0.4) is 0 Å². The van der Waals surface area contributed by atoms with Crippen LogP contribution in [0.15, 0.2) is 0 Å². The lowest BCUT2D eigenvalue weighted by Crippen LogP contribution is -2.51. The van der Waals surface area contributed by atoms with Crippen molar-refractivity contribution in [1.29, 1.82) is 0 Å². The zero-order chi connectivity index (χ0) is 35.9. The number of carbonyl (C=O) groups is 8. The van der Waals surface area contributed by atoms with Gasteiger partial charge in [0.2, 0.25) is 23.6 Å². The number of hydrogen-bond acceptors (Lipinski definition) is 12. The van der Waals surface area contributed by atoms with Gasteiger partial charge in [-0.1, -0.05) is 0 Å². The molecule has 0 aliphatic carbocycles. The summed E-state index contributed by atoms with van der Waals surface area (Å²) in [4.78, 5) is 101. The highest BCUT2D eigenvalue weighted by Crippen LogP contribution is 2.02. The van der Waals surface area contributed by atoms with Gasteiger partial charge in [0.15, 0.2) is 0 Å². The summed E-state index contributed by atoms with van der Waals surface area (Å²) in [6, 6.07) is 0. The minimum Gasteiger partial charge on any atom is -0.481 e. The molecule has 272 valence electrons. The molecule has 0 saturated carbocycles. The highest BCUT2D eigenvalue weighted by Gasteiger charge is 2.22. The molecule has 0 spiro atoms. The molecule has 0 radical (unpaired) electrons. The molecular formula is C28H48N8O12. The number of nitrogens with zero attached hydrogens (tertiary/aromatic N) is 4. The van der Waals surface area contributed by atoms with Crippen LogP contribution in [0.4, 0.5) is 0 Å². The number of rotatable bonds is 20. The Morgan fingerprint density at radius 3 is 0.667 bits per heavy atom. The molecule has 8 N–H and O–H groups in total. The van der Waals surface area contributed by atoms with Crippen molar-refractivity contribution in [1.82, 2.24) is 40.9 Å². The molecule has 0 bridgehead atoms. The Labute approximate surface area is 277 Å². The summed E-state index contributed by atoms with van der Waals surface area (Å²) in [5.41, 5.74) is 0. The van der Waals surface area contributed by atoms with Crippen molar-refractivity contribution < 1.29 is 58.8 Å². The van der Waals surface area contributed by atoms with E-state index >= 15 is 0 Å². The summed E-state index contributed by atoms with van der Waals surface area (Å²) in [7, 11) is 0. The molecule has 20 nitrogen and oxygen atoms in total. The fraction of sp³-hybridized carbons (Fsp3) is 0.714. The molecule has 20 heteroatoms. The third-order valence-corrected chi connectivity index (χ3v) is 7.04. The molecule has 1 heterocycles. The van der Waals surface area contributed by atoms with Crippen molar-refractivity contribution >= 4 is 47.5 Å². The maximum atomic E-state index is 12.6. The highest BCUT2D eigenvalue weighted by molar-refractivity contribution is 5.80. The van der Waals surface area contributed by atoms with Gasteiger partial charge in [0, 0.05) is 78.5 Å². The predicted octanol–water partition coefficient (Wildman–Crippen LogP) is -4.43. The second kappa shape index (κ2) is 23.8. The second-order valence-electron chi connectivity index (χ2n) is 11.1. The van der Waals surface area contributed by atoms with E-state index in [9.17, 15) is 38.4 Å². The first-order valence-corrected chi connectivity index (χ1v) is 15.6. The quantitative estimate of drug-likeness (QED) is 0.0599. The summed E-state index contributed by atoms with van der Waals surface area (Å²) < 4.78 is 0. The minimum absolute atomic E-state index is 0.0625. The molecule has 1 saturated heterocycles. The number of amides is 4. The normalized spacial score (nSPS) is 15.7. The summed E-state index contributed by atoms with van der Waals surface area (Å²) >= 11 is 0. The summed E-state index contributed by atoms with van der Waals surface area (Å²) in [6.07, 6.45) is -1.02. The van der Waals surface area contributed by atoms with Crippen molar-refractivity contribution in [3.05, 3.63) is 0 Å². The van der Waals surface area contributed by atoms with Gasteiger partial charge in [-0.15, -0.1) is 0 Å². The SMILES string of the molecule is O=C(O)CCNC(=O)CN1CCN(CC(=O)NCCC(=O)O)CCN(CC(=O)NCCC(=O)O)CCN(CC(=O)NCCC(=O)O)CC1. The molecule has 0 atom stereocenters. The average Bonchev–Trinajstić information content (AvgIpc) is 2.97. The van der Waals surface area contributed by atoms with Gasteiger partial charge in [0.05, 0.1) is 51.9 Å². The molecular weight excluding hydrogens is 640 g/mol. The lowest BCUT2D eigenvalue weighted by atomic mass is 10.3. The topological polar surface area (TPSA) is 279 Å². The lowest BCUT2D eigenvalue weighted by molar-refractivity contribution is -0.138. The first-order chi connectivity index (χ1) is 22.7. The molecule has 0 aromatic heterocycles. The second-order valence-corrected chi connectivity index (χ2v) is 11.1. The molecule has 48 heavy (non-hydrogen) atoms. The van der Waals surface area contributed by atoms with Crippen LogP contribution in [0.1, 0.15) is 25.7 Å². The van der Waals surface area contributed by atoms with E-state index < -0.39 is 47.5 Å². The standard InChI is InChI=1S/C28H48N8O12/c37-21(29-5-1-25(41)42)17-33-9-11-34(18-22(38)30-6-2-26(43)44)13-15-36(20-24(40)32-8-4-28(47)48)16-14-35(12-10-33)19-23(39)31-7-3-27(45)46/h1-20H2,(H,29,37)(H,30,38)(H,31,39)(H,32,40)(H,41,42)(H,43,44)(H,45,46)(H,47,48). The Morgan fingerprint density at radius 2 is 0.521 bits per heavy atom. The summed E-state index contributed by atoms with van der Waals surface area (Å²) in [5, 5.41) is 45.7. The highest BCUT2D eigenvalue weighted by atomic mass is 16.4. The van der Waals surface area contributed by atoms with E-state index in [0.717, 1.165) is 0 Å². The van der Waals surface area contributed by atoms with Crippen molar-refractivity contribution in [2.24, 2.45) is 0 Å². The van der Waals surface area contributed by atoms with Crippen LogP contribution in [0.25, 0.3) is 0 Å². The molecule has 1 aliphatic rings. The Morgan fingerprint density at radius 1 is 0.354 bits per heavy atom. The van der Waals surface area contributed by atoms with Gasteiger partial charge in [-0.05, 0) is 0 Å². The molecule has 0 aromatic carbocycles. The number of carboxylic acids is 4. The van der Waals surface area contributed by atoms with E-state index in [-0.39, 0.29) is 130 Å². The van der Waals surface area contributed by atoms with E-state index in [2.05, 4.69) is 21.3 Å². The van der Waals surface area contributed by atoms with Gasteiger partial charge in [-0.25, -0.2) is 0 Å². The van der Waals surface area contributed by atoms with Crippen LogP contribution in [-0.2, 0) is 38.4 Å². The third-order valence-electron chi connectivity index (χ3n) is 7.04. The van der Waals surface area contributed by atoms with Crippen LogP contribution in [0.5, 0.6) is 0 Å². The van der Waals surface area contributed by atoms with Crippen LogP contribution in [0.2, 0.25) is 0 Å². The van der Waals surface area contributed by atoms with Gasteiger partial charge < -0.3 is 41.7 Å². The Bertz CT molecular complexity index is 924. The van der Waals surface area contributed by atoms with Gasteiger partial charge in [-0.2, -0.15) is 0 Å². The molecule has 0 aromatic rings. The maximum Gasteiger partial charge on any atom is 0.305 e. The zero-order valence-electron chi connectivity index (χ0n) is 27.0. The fourth-order valence-electron chi connectivity index (χ4n) is 4.48. The van der Waals surface area contributed by atoms with Crippen molar-refractivity contribution in [2.45, 2.75) is 25.7 Å². The number of carboxylic acid groups (broad SMARTS) is 4. The smallest absolute Gasteiger partial charge is 0.305 e. The number of aliphatic carboxylic acids is 4. The first-order valence-electron chi connectivity index (χ1n) is 15.6. The van der Waals surface area contributed by atoms with Gasteiger partial charge >= 0.3 is 23.9 Å². The van der Waals surface area contributed by atoms with Gasteiger partial charge in [-0.3, -0.25) is 58.0 Å². The third kappa shape index (κ3) is 22.2. The van der Waals surface area contributed by atoms with Crippen LogP contribution in [-0.4, -0.2) is 192 Å². The first kappa shape index (κ1) is 41.6. The van der Waals surface area contributed by atoms with Gasteiger partial charge in [0.1, 0.15) is 0 Å². The largest absolute Gasteiger partial charge is 0.481 e. The lowest BCUT2D eigenvalue weighted by Gasteiger charge is -2.33. The van der Waals surface area contributed by atoms with E-state index in [1.165, 1.54) is 0 Å².